The zero-order chi connectivity index (χ0) is 13.6. The van der Waals surface area contributed by atoms with Gasteiger partial charge in [0.2, 0.25) is 0 Å². The maximum absolute atomic E-state index is 10.8. The Bertz CT molecular complexity index is 726. The van der Waals surface area contributed by atoms with Crippen LogP contribution < -0.4 is 0 Å². The molecule has 98 valence electrons. The summed E-state index contributed by atoms with van der Waals surface area (Å²) in [6, 6.07) is 3.83. The van der Waals surface area contributed by atoms with E-state index in [-0.39, 0.29) is 0 Å². The molecule has 0 bridgehead atoms. The van der Waals surface area contributed by atoms with Crippen molar-refractivity contribution in [1.82, 2.24) is 19.9 Å². The monoisotopic (exact) mass is 276 g/mol. The van der Waals surface area contributed by atoms with Crippen molar-refractivity contribution in [2.45, 2.75) is 24.3 Å². The van der Waals surface area contributed by atoms with Crippen LogP contribution >= 0.6 is 11.8 Å². The molecule has 0 aliphatic rings. The number of carboxylic acid groups (broad SMARTS) is 1. The molecular formula is C12H12N4O2S. The summed E-state index contributed by atoms with van der Waals surface area (Å²) in [5.41, 5.74) is 3.46. The summed E-state index contributed by atoms with van der Waals surface area (Å²) < 4.78 is 0. The molecule has 0 radical (unpaired) electrons. The minimum absolute atomic E-state index is 0.536. The minimum atomic E-state index is -0.852. The third kappa shape index (κ3) is 2.17. The quantitative estimate of drug-likeness (QED) is 0.638. The number of nitrogens with one attached hydrogen (secondary N) is 2. The highest BCUT2D eigenvalue weighted by Crippen LogP contribution is 2.25. The highest BCUT2D eigenvalue weighted by atomic mass is 32.2. The molecule has 0 fully saturated rings. The van der Waals surface area contributed by atoms with E-state index in [0.29, 0.717) is 5.16 Å². The molecule has 6 nitrogen and oxygen atoms in total. The summed E-state index contributed by atoms with van der Waals surface area (Å²) in [4.78, 5) is 25.8. The van der Waals surface area contributed by atoms with Crippen molar-refractivity contribution in [3.05, 3.63) is 18.0 Å². The number of carbonyl (C=O) groups is 1. The van der Waals surface area contributed by atoms with Crippen molar-refractivity contribution in [3.63, 3.8) is 0 Å². The summed E-state index contributed by atoms with van der Waals surface area (Å²) in [6.45, 7) is 3.53. The average Bonchev–Trinajstić information content (AvgIpc) is 2.85. The number of aliphatic carboxylic acids is 1. The Morgan fingerprint density at radius 2 is 1.95 bits per heavy atom. The van der Waals surface area contributed by atoms with Crippen molar-refractivity contribution in [2.75, 3.05) is 0 Å². The Morgan fingerprint density at radius 3 is 2.68 bits per heavy atom. The Hall–Kier alpha value is -2.02. The van der Waals surface area contributed by atoms with Gasteiger partial charge in [0.05, 0.1) is 22.1 Å². The van der Waals surface area contributed by atoms with Crippen LogP contribution in [0.4, 0.5) is 0 Å². The Balaban J connectivity index is 2.03. The molecule has 3 aromatic rings. The number of fused-ring (bicyclic) bond motifs is 2. The Labute approximate surface area is 112 Å². The summed E-state index contributed by atoms with van der Waals surface area (Å²) in [6.07, 6.45) is 0. The molecule has 1 unspecified atom stereocenters. The van der Waals surface area contributed by atoms with Crippen LogP contribution in [0.3, 0.4) is 0 Å². The summed E-state index contributed by atoms with van der Waals surface area (Å²) in [5.74, 6) is 0.00610. The van der Waals surface area contributed by atoms with Crippen LogP contribution in [0.2, 0.25) is 0 Å². The lowest BCUT2D eigenvalue weighted by atomic mass is 10.3. The van der Waals surface area contributed by atoms with Crippen LogP contribution in [0, 0.1) is 6.92 Å². The number of nitrogens with zero attached hydrogens (tertiary/aromatic N) is 2. The van der Waals surface area contributed by atoms with Gasteiger partial charge >= 0.3 is 5.97 Å². The van der Waals surface area contributed by atoms with Crippen LogP contribution in [0.5, 0.6) is 0 Å². The SMILES string of the molecule is Cc1nc2cc3nc(SC(C)C(=O)O)[nH]c3cc2[nH]1. The Morgan fingerprint density at radius 1 is 1.26 bits per heavy atom. The fourth-order valence-corrected chi connectivity index (χ4v) is 2.65. The van der Waals surface area contributed by atoms with Crippen LogP contribution in [-0.4, -0.2) is 36.3 Å². The van der Waals surface area contributed by atoms with Gasteiger partial charge in [0.25, 0.3) is 0 Å². The second kappa shape index (κ2) is 4.27. The van der Waals surface area contributed by atoms with E-state index in [1.54, 1.807) is 6.92 Å². The lowest BCUT2D eigenvalue weighted by Gasteiger charge is -2.00. The van der Waals surface area contributed by atoms with Gasteiger partial charge in [-0.05, 0) is 26.0 Å². The van der Waals surface area contributed by atoms with E-state index in [1.165, 1.54) is 11.8 Å². The molecule has 1 aromatic carbocycles. The van der Waals surface area contributed by atoms with Gasteiger partial charge in [0.15, 0.2) is 5.16 Å². The lowest BCUT2D eigenvalue weighted by molar-refractivity contribution is -0.136. The van der Waals surface area contributed by atoms with Crippen molar-refractivity contribution in [3.8, 4) is 0 Å². The predicted octanol–water partition coefficient (Wildman–Crippen LogP) is 2.31. The van der Waals surface area contributed by atoms with Crippen LogP contribution in [0.1, 0.15) is 12.7 Å². The van der Waals surface area contributed by atoms with E-state index in [4.69, 9.17) is 5.11 Å². The number of aromatic nitrogens is 4. The number of rotatable bonds is 3. The number of aromatic amines is 2. The molecule has 2 heterocycles. The van der Waals surface area contributed by atoms with Crippen LogP contribution in [-0.2, 0) is 4.79 Å². The van der Waals surface area contributed by atoms with Gasteiger partial charge in [-0.1, -0.05) is 11.8 Å². The highest BCUT2D eigenvalue weighted by molar-refractivity contribution is 8.00. The molecule has 0 amide bonds. The number of thioether (sulfide) groups is 1. The van der Waals surface area contributed by atoms with E-state index in [9.17, 15) is 4.79 Å². The summed E-state index contributed by atoms with van der Waals surface area (Å²) >= 11 is 1.19. The van der Waals surface area contributed by atoms with E-state index in [2.05, 4.69) is 19.9 Å². The Kier molecular flexibility index (Phi) is 2.70. The first-order valence-corrected chi connectivity index (χ1v) is 6.66. The van der Waals surface area contributed by atoms with Crippen molar-refractivity contribution < 1.29 is 9.90 Å². The molecule has 19 heavy (non-hydrogen) atoms. The van der Waals surface area contributed by atoms with E-state index in [0.717, 1.165) is 27.9 Å². The molecule has 3 N–H and O–H groups in total. The van der Waals surface area contributed by atoms with Gasteiger partial charge in [-0.2, -0.15) is 0 Å². The summed E-state index contributed by atoms with van der Waals surface area (Å²) in [5, 5.41) is 8.96. The molecule has 0 saturated heterocycles. The fourth-order valence-electron chi connectivity index (χ4n) is 1.89. The summed E-state index contributed by atoms with van der Waals surface area (Å²) in [7, 11) is 0. The fraction of sp³-hybridized carbons (Fsp3) is 0.250. The molecule has 2 aromatic heterocycles. The number of hydrogen-bond donors (Lipinski definition) is 3. The number of aryl methyl sites for hydroxylation is 1. The third-order valence-corrected chi connectivity index (χ3v) is 3.79. The first-order chi connectivity index (χ1) is 9.02. The number of imidazole rings is 2. The van der Waals surface area contributed by atoms with Gasteiger partial charge in [-0.25, -0.2) is 9.97 Å². The smallest absolute Gasteiger partial charge is 0.316 e. The molecule has 7 heteroatoms. The second-order valence-electron chi connectivity index (χ2n) is 4.35. The van der Waals surface area contributed by atoms with Crippen LogP contribution in [0.25, 0.3) is 22.1 Å². The first-order valence-electron chi connectivity index (χ1n) is 5.78. The van der Waals surface area contributed by atoms with Gasteiger partial charge in [-0.3, -0.25) is 4.79 Å². The van der Waals surface area contributed by atoms with Crippen LogP contribution in [0.15, 0.2) is 17.3 Å². The maximum Gasteiger partial charge on any atom is 0.316 e. The number of benzene rings is 1. The molecule has 0 saturated carbocycles. The van der Waals surface area contributed by atoms with Crippen molar-refractivity contribution in [2.24, 2.45) is 0 Å². The largest absolute Gasteiger partial charge is 0.480 e. The lowest BCUT2D eigenvalue weighted by Crippen LogP contribution is -2.11. The molecule has 0 aliphatic heterocycles. The standard InChI is InChI=1S/C12H12N4O2S/c1-5(11(17)18)19-12-15-9-3-7-8(4-10(9)16-12)14-6(2)13-7/h3-5H,1-2H3,(H,13,14)(H,15,16)(H,17,18). The van der Waals surface area contributed by atoms with Gasteiger partial charge in [0.1, 0.15) is 11.1 Å². The number of H-pyrrole nitrogens is 2. The van der Waals surface area contributed by atoms with Crippen molar-refractivity contribution >= 4 is 39.8 Å². The molecule has 0 aliphatic carbocycles. The molecule has 1 atom stereocenters. The topological polar surface area (TPSA) is 94.7 Å². The first kappa shape index (κ1) is 12.0. The molecular weight excluding hydrogens is 264 g/mol. The third-order valence-electron chi connectivity index (χ3n) is 2.82. The second-order valence-corrected chi connectivity index (χ2v) is 5.68. The number of carboxylic acids is 1. The normalized spacial score (nSPS) is 13.2. The van der Waals surface area contributed by atoms with Gasteiger partial charge in [-0.15, -0.1) is 0 Å². The zero-order valence-electron chi connectivity index (χ0n) is 10.4. The highest BCUT2D eigenvalue weighted by Gasteiger charge is 2.15. The van der Waals surface area contributed by atoms with Crippen molar-refractivity contribution in [1.29, 1.82) is 0 Å². The molecule has 0 spiro atoms. The van der Waals surface area contributed by atoms with E-state index < -0.39 is 11.2 Å². The maximum atomic E-state index is 10.8. The number of hydrogen-bond acceptors (Lipinski definition) is 4. The van der Waals surface area contributed by atoms with Gasteiger partial charge < -0.3 is 15.1 Å². The minimum Gasteiger partial charge on any atom is -0.480 e. The van der Waals surface area contributed by atoms with Gasteiger partial charge in [0, 0.05) is 0 Å². The molecule has 3 rings (SSSR count). The van der Waals surface area contributed by atoms with E-state index in [1.807, 2.05) is 19.1 Å². The predicted molar refractivity (Wildman–Crippen MR) is 73.4 cm³/mol. The zero-order valence-corrected chi connectivity index (χ0v) is 11.2. The van der Waals surface area contributed by atoms with E-state index >= 15 is 0 Å². The average molecular weight is 276 g/mol.